The molecule has 0 aliphatic carbocycles. The van der Waals surface area contributed by atoms with E-state index in [9.17, 15) is 15.3 Å². The fraction of sp³-hybridized carbons (Fsp3) is 0.176. The van der Waals surface area contributed by atoms with Gasteiger partial charge in [0.25, 0.3) is 0 Å². The van der Waals surface area contributed by atoms with Crippen LogP contribution in [0.15, 0.2) is 24.3 Å². The molecule has 6 nitrogen and oxygen atoms in total. The Kier molecular flexibility index (Phi) is 4.85. The van der Waals surface area contributed by atoms with E-state index >= 15 is 0 Å². The molecule has 2 aromatic carbocycles. The standard InChI is InChI=1S/C17H18O6/c1-21-14-8-11(9-15(22-2)16(14)20)5-4-10-6-12(18)17(23-3)13(19)7-10/h4-9,18-20H,1-3H3. The van der Waals surface area contributed by atoms with Crippen molar-refractivity contribution in [1.82, 2.24) is 0 Å². The monoisotopic (exact) mass is 318 g/mol. The predicted molar refractivity (Wildman–Crippen MR) is 86.5 cm³/mol. The maximum atomic E-state index is 9.87. The van der Waals surface area contributed by atoms with Crippen molar-refractivity contribution < 1.29 is 29.5 Å². The van der Waals surface area contributed by atoms with Gasteiger partial charge < -0.3 is 29.5 Å². The summed E-state index contributed by atoms with van der Waals surface area (Å²) in [4.78, 5) is 0. The Balaban J connectivity index is 2.37. The summed E-state index contributed by atoms with van der Waals surface area (Å²) in [5.74, 6) is 0.192. The smallest absolute Gasteiger partial charge is 0.202 e. The lowest BCUT2D eigenvalue weighted by molar-refractivity contribution is 0.340. The van der Waals surface area contributed by atoms with E-state index in [0.29, 0.717) is 11.1 Å². The van der Waals surface area contributed by atoms with Crippen LogP contribution in [0.5, 0.6) is 34.5 Å². The second-order valence-corrected chi connectivity index (χ2v) is 4.70. The molecular weight excluding hydrogens is 300 g/mol. The zero-order valence-corrected chi connectivity index (χ0v) is 13.0. The van der Waals surface area contributed by atoms with Gasteiger partial charge in [-0.2, -0.15) is 0 Å². The van der Waals surface area contributed by atoms with Crippen LogP contribution in [0.1, 0.15) is 11.1 Å². The summed E-state index contributed by atoms with van der Waals surface area (Å²) >= 11 is 0. The molecule has 23 heavy (non-hydrogen) atoms. The molecule has 0 spiro atoms. The molecule has 0 saturated carbocycles. The lowest BCUT2D eigenvalue weighted by Gasteiger charge is -2.09. The number of methoxy groups -OCH3 is 3. The number of hydrogen-bond acceptors (Lipinski definition) is 6. The molecule has 122 valence electrons. The minimum atomic E-state index is -0.159. The van der Waals surface area contributed by atoms with E-state index in [4.69, 9.17) is 14.2 Å². The largest absolute Gasteiger partial charge is 0.504 e. The first-order valence-electron chi connectivity index (χ1n) is 6.73. The Bertz CT molecular complexity index is 688. The maximum Gasteiger partial charge on any atom is 0.202 e. The lowest BCUT2D eigenvalue weighted by atomic mass is 10.1. The van der Waals surface area contributed by atoms with Gasteiger partial charge in [-0.05, 0) is 35.4 Å². The fourth-order valence-corrected chi connectivity index (χ4v) is 2.13. The van der Waals surface area contributed by atoms with Crippen LogP contribution in [0.2, 0.25) is 0 Å². The quantitative estimate of drug-likeness (QED) is 0.735. The van der Waals surface area contributed by atoms with Crippen LogP contribution in [-0.2, 0) is 0 Å². The molecule has 3 N–H and O–H groups in total. The normalized spacial score (nSPS) is 10.7. The number of phenolic OH excluding ortho intramolecular Hbond substituents is 3. The molecule has 0 bridgehead atoms. The van der Waals surface area contributed by atoms with Gasteiger partial charge in [0, 0.05) is 0 Å². The zero-order chi connectivity index (χ0) is 17.0. The summed E-state index contributed by atoms with van der Waals surface area (Å²) < 4.78 is 15.1. The first-order valence-corrected chi connectivity index (χ1v) is 6.73. The average Bonchev–Trinajstić information content (AvgIpc) is 2.53. The Morgan fingerprint density at radius 2 is 1.13 bits per heavy atom. The van der Waals surface area contributed by atoms with Crippen molar-refractivity contribution in [3.05, 3.63) is 35.4 Å². The van der Waals surface area contributed by atoms with Crippen LogP contribution >= 0.6 is 0 Å². The first kappa shape index (κ1) is 16.4. The summed E-state index contributed by atoms with van der Waals surface area (Å²) in [5.41, 5.74) is 1.29. The molecule has 0 heterocycles. The number of hydrogen-bond donors (Lipinski definition) is 3. The van der Waals surface area contributed by atoms with E-state index in [2.05, 4.69) is 0 Å². The van der Waals surface area contributed by atoms with Crippen LogP contribution in [-0.4, -0.2) is 36.6 Å². The predicted octanol–water partition coefficient (Wildman–Crippen LogP) is 3.00. The second-order valence-electron chi connectivity index (χ2n) is 4.70. The molecule has 0 aliphatic rings. The molecule has 0 aliphatic heterocycles. The molecule has 0 aromatic heterocycles. The highest BCUT2D eigenvalue weighted by Crippen LogP contribution is 2.39. The third kappa shape index (κ3) is 3.42. The van der Waals surface area contributed by atoms with Gasteiger partial charge in [-0.1, -0.05) is 12.2 Å². The summed E-state index contributed by atoms with van der Waals surface area (Å²) in [6.07, 6.45) is 3.41. The van der Waals surface area contributed by atoms with Gasteiger partial charge in [0.05, 0.1) is 21.3 Å². The molecule has 0 atom stereocenters. The minimum Gasteiger partial charge on any atom is -0.504 e. The SMILES string of the molecule is COc1cc(C=Cc2cc(O)c(OC)c(O)c2)cc(OC)c1O. The average molecular weight is 318 g/mol. The topological polar surface area (TPSA) is 88.4 Å². The van der Waals surface area contributed by atoms with Crippen LogP contribution in [0, 0.1) is 0 Å². The summed E-state index contributed by atoms with van der Waals surface area (Å²) in [5, 5.41) is 29.4. The van der Waals surface area contributed by atoms with Crippen molar-refractivity contribution >= 4 is 12.2 Å². The Labute approximate surface area is 133 Å². The minimum absolute atomic E-state index is 0.0233. The van der Waals surface area contributed by atoms with E-state index in [-0.39, 0.29) is 34.5 Å². The summed E-state index contributed by atoms with van der Waals surface area (Å²) in [6, 6.07) is 6.20. The summed E-state index contributed by atoms with van der Waals surface area (Å²) in [6.45, 7) is 0. The number of ether oxygens (including phenoxy) is 3. The van der Waals surface area contributed by atoms with Gasteiger partial charge in [-0.25, -0.2) is 0 Å². The van der Waals surface area contributed by atoms with Gasteiger partial charge in [0.15, 0.2) is 23.0 Å². The highest BCUT2D eigenvalue weighted by atomic mass is 16.5. The summed E-state index contributed by atoms with van der Waals surface area (Å²) in [7, 11) is 4.25. The van der Waals surface area contributed by atoms with E-state index in [1.54, 1.807) is 24.3 Å². The Morgan fingerprint density at radius 3 is 1.52 bits per heavy atom. The van der Waals surface area contributed by atoms with Crippen molar-refractivity contribution in [3.8, 4) is 34.5 Å². The van der Waals surface area contributed by atoms with Gasteiger partial charge in [-0.15, -0.1) is 0 Å². The fourth-order valence-electron chi connectivity index (χ4n) is 2.13. The van der Waals surface area contributed by atoms with E-state index in [0.717, 1.165) is 0 Å². The van der Waals surface area contributed by atoms with Crippen molar-refractivity contribution in [3.63, 3.8) is 0 Å². The molecule has 2 aromatic rings. The van der Waals surface area contributed by atoms with Gasteiger partial charge in [0.1, 0.15) is 0 Å². The van der Waals surface area contributed by atoms with E-state index < -0.39 is 0 Å². The van der Waals surface area contributed by atoms with E-state index in [1.165, 1.54) is 33.5 Å². The van der Waals surface area contributed by atoms with Gasteiger partial charge in [0.2, 0.25) is 11.5 Å². The molecule has 0 amide bonds. The van der Waals surface area contributed by atoms with Gasteiger partial charge >= 0.3 is 0 Å². The second kappa shape index (κ2) is 6.83. The van der Waals surface area contributed by atoms with Crippen molar-refractivity contribution in [2.75, 3.05) is 21.3 Å². The van der Waals surface area contributed by atoms with Crippen molar-refractivity contribution in [2.24, 2.45) is 0 Å². The highest BCUT2D eigenvalue weighted by molar-refractivity contribution is 5.74. The zero-order valence-electron chi connectivity index (χ0n) is 13.0. The maximum absolute atomic E-state index is 9.87. The van der Waals surface area contributed by atoms with Crippen LogP contribution in [0.25, 0.3) is 12.2 Å². The third-order valence-electron chi connectivity index (χ3n) is 3.25. The number of aromatic hydroxyl groups is 3. The third-order valence-corrected chi connectivity index (χ3v) is 3.25. The Morgan fingerprint density at radius 1 is 0.696 bits per heavy atom. The van der Waals surface area contributed by atoms with Crippen molar-refractivity contribution in [1.29, 1.82) is 0 Å². The van der Waals surface area contributed by atoms with Crippen LogP contribution in [0.4, 0.5) is 0 Å². The molecule has 6 heteroatoms. The molecule has 0 saturated heterocycles. The van der Waals surface area contributed by atoms with Gasteiger partial charge in [-0.3, -0.25) is 0 Å². The number of rotatable bonds is 5. The van der Waals surface area contributed by atoms with Crippen LogP contribution < -0.4 is 14.2 Å². The number of phenols is 3. The van der Waals surface area contributed by atoms with E-state index in [1.807, 2.05) is 0 Å². The molecule has 0 radical (unpaired) electrons. The lowest BCUT2D eigenvalue weighted by Crippen LogP contribution is -1.90. The Hall–Kier alpha value is -3.02. The molecular formula is C17H18O6. The molecule has 2 rings (SSSR count). The number of benzene rings is 2. The van der Waals surface area contributed by atoms with Crippen LogP contribution in [0.3, 0.4) is 0 Å². The highest BCUT2D eigenvalue weighted by Gasteiger charge is 2.11. The molecule has 0 fully saturated rings. The first-order chi connectivity index (χ1) is 11.0. The molecule has 0 unspecified atom stereocenters. The van der Waals surface area contributed by atoms with Crippen molar-refractivity contribution in [2.45, 2.75) is 0 Å².